The molecule has 5 rings (SSSR count). The van der Waals surface area contributed by atoms with E-state index in [1.165, 1.54) is 5.56 Å². The summed E-state index contributed by atoms with van der Waals surface area (Å²) in [5.41, 5.74) is 3.63. The Morgan fingerprint density at radius 2 is 1.20 bits per heavy atom. The number of benzene rings is 4. The Morgan fingerprint density at radius 1 is 0.683 bits per heavy atom. The molecule has 3 atom stereocenters. The van der Waals surface area contributed by atoms with Crippen molar-refractivity contribution in [2.75, 3.05) is 0 Å². The average Bonchev–Trinajstić information content (AvgIpc) is 3.05. The number of hydrogen-bond acceptors (Lipinski definition) is 3. The Bertz CT molecular complexity index is 1210. The molecule has 0 amide bonds. The quantitative estimate of drug-likeness (QED) is 0.124. The molecule has 1 heterocycles. The summed E-state index contributed by atoms with van der Waals surface area (Å²) in [6.07, 6.45) is 9.93. The van der Waals surface area contributed by atoms with Gasteiger partial charge in [0.2, 0.25) is 0 Å². The van der Waals surface area contributed by atoms with Crippen LogP contribution in [0.1, 0.15) is 67.7 Å². The maximum Gasteiger partial charge on any atom is 0.160 e. The minimum Gasteiger partial charge on any atom is -0.371 e. The monoisotopic (exact) mass is 546 g/mol. The SMILES string of the molecule is CCC/C=C/CC[C@H]1OC(OC(c2ccccc2)(c2ccccc2)c2ccccc2)CC[C@H]1OCc1ccccc1. The maximum absolute atomic E-state index is 7.23. The molecule has 3 nitrogen and oxygen atoms in total. The van der Waals surface area contributed by atoms with Crippen LogP contribution in [-0.4, -0.2) is 18.5 Å². The van der Waals surface area contributed by atoms with E-state index in [9.17, 15) is 0 Å². The third-order valence-corrected chi connectivity index (χ3v) is 7.82. The van der Waals surface area contributed by atoms with E-state index >= 15 is 0 Å². The lowest BCUT2D eigenvalue weighted by atomic mass is 9.80. The van der Waals surface area contributed by atoms with Gasteiger partial charge in [0, 0.05) is 6.42 Å². The molecule has 0 saturated carbocycles. The maximum atomic E-state index is 7.23. The summed E-state index contributed by atoms with van der Waals surface area (Å²) in [7, 11) is 0. The summed E-state index contributed by atoms with van der Waals surface area (Å²) >= 11 is 0. The van der Waals surface area contributed by atoms with Crippen molar-refractivity contribution in [1.29, 1.82) is 0 Å². The van der Waals surface area contributed by atoms with E-state index < -0.39 is 5.60 Å². The lowest BCUT2D eigenvalue weighted by molar-refractivity contribution is -0.259. The van der Waals surface area contributed by atoms with Gasteiger partial charge in [-0.1, -0.05) is 147 Å². The number of ether oxygens (including phenoxy) is 3. The molecule has 0 aromatic heterocycles. The van der Waals surface area contributed by atoms with Crippen molar-refractivity contribution in [1.82, 2.24) is 0 Å². The Labute approximate surface area is 245 Å². The van der Waals surface area contributed by atoms with Crippen LogP contribution in [0, 0.1) is 0 Å². The second-order valence-electron chi connectivity index (χ2n) is 10.8. The van der Waals surface area contributed by atoms with Crippen LogP contribution in [0.3, 0.4) is 0 Å². The van der Waals surface area contributed by atoms with Crippen LogP contribution in [0.5, 0.6) is 0 Å². The van der Waals surface area contributed by atoms with Gasteiger partial charge in [-0.25, -0.2) is 0 Å². The first-order valence-corrected chi connectivity index (χ1v) is 15.1. The van der Waals surface area contributed by atoms with Crippen LogP contribution in [0.4, 0.5) is 0 Å². The van der Waals surface area contributed by atoms with Crippen LogP contribution < -0.4 is 0 Å². The topological polar surface area (TPSA) is 27.7 Å². The van der Waals surface area contributed by atoms with E-state index in [1.807, 2.05) is 6.07 Å². The van der Waals surface area contributed by atoms with E-state index in [4.69, 9.17) is 14.2 Å². The predicted octanol–water partition coefficient (Wildman–Crippen LogP) is 9.22. The second-order valence-corrected chi connectivity index (χ2v) is 10.8. The molecule has 1 unspecified atom stereocenters. The molecule has 0 spiro atoms. The van der Waals surface area contributed by atoms with Gasteiger partial charge in [-0.2, -0.15) is 0 Å². The molecule has 0 bridgehead atoms. The van der Waals surface area contributed by atoms with Gasteiger partial charge in [-0.3, -0.25) is 0 Å². The van der Waals surface area contributed by atoms with Gasteiger partial charge < -0.3 is 14.2 Å². The summed E-state index contributed by atoms with van der Waals surface area (Å²) in [5, 5.41) is 0. The zero-order valence-electron chi connectivity index (χ0n) is 24.1. The second kappa shape index (κ2) is 14.9. The average molecular weight is 547 g/mol. The van der Waals surface area contributed by atoms with Gasteiger partial charge in [0.1, 0.15) is 5.60 Å². The van der Waals surface area contributed by atoms with Crippen molar-refractivity contribution in [3.63, 3.8) is 0 Å². The number of hydrogen-bond donors (Lipinski definition) is 0. The van der Waals surface area contributed by atoms with E-state index in [2.05, 4.69) is 134 Å². The van der Waals surface area contributed by atoms with Crippen LogP contribution in [-0.2, 0) is 26.4 Å². The fraction of sp³-hybridized carbons (Fsp3) is 0.316. The third kappa shape index (κ3) is 7.42. The minimum absolute atomic E-state index is 0.0224. The highest BCUT2D eigenvalue weighted by molar-refractivity contribution is 5.47. The first-order valence-electron chi connectivity index (χ1n) is 15.1. The van der Waals surface area contributed by atoms with Gasteiger partial charge in [0.05, 0.1) is 18.8 Å². The molecule has 1 fully saturated rings. The zero-order valence-corrected chi connectivity index (χ0v) is 24.1. The van der Waals surface area contributed by atoms with Crippen molar-refractivity contribution in [2.24, 2.45) is 0 Å². The predicted molar refractivity (Wildman–Crippen MR) is 166 cm³/mol. The van der Waals surface area contributed by atoms with E-state index in [0.29, 0.717) is 6.61 Å². The summed E-state index contributed by atoms with van der Waals surface area (Å²) in [4.78, 5) is 0. The molecule has 1 saturated heterocycles. The van der Waals surface area contributed by atoms with Crippen molar-refractivity contribution in [3.8, 4) is 0 Å². The van der Waals surface area contributed by atoms with Crippen LogP contribution in [0.2, 0.25) is 0 Å². The largest absolute Gasteiger partial charge is 0.371 e. The molecule has 1 aliphatic heterocycles. The van der Waals surface area contributed by atoms with Crippen LogP contribution >= 0.6 is 0 Å². The van der Waals surface area contributed by atoms with Gasteiger partial charge in [-0.05, 0) is 47.9 Å². The Morgan fingerprint density at radius 3 is 1.73 bits per heavy atom. The van der Waals surface area contributed by atoms with Crippen LogP contribution in [0.15, 0.2) is 133 Å². The number of unbranched alkanes of at least 4 members (excludes halogenated alkanes) is 1. The lowest BCUT2D eigenvalue weighted by Gasteiger charge is -2.43. The van der Waals surface area contributed by atoms with Crippen molar-refractivity contribution >= 4 is 0 Å². The van der Waals surface area contributed by atoms with Gasteiger partial charge in [0.15, 0.2) is 6.29 Å². The smallest absolute Gasteiger partial charge is 0.160 e. The first-order chi connectivity index (χ1) is 20.3. The van der Waals surface area contributed by atoms with E-state index in [-0.39, 0.29) is 18.5 Å². The molecular formula is C38H42O3. The van der Waals surface area contributed by atoms with Gasteiger partial charge in [0.25, 0.3) is 0 Å². The summed E-state index contributed by atoms with van der Waals surface area (Å²) in [5.74, 6) is 0. The molecule has 0 N–H and O–H groups in total. The first kappa shape index (κ1) is 29.0. The molecule has 212 valence electrons. The van der Waals surface area contributed by atoms with E-state index in [1.54, 1.807) is 0 Å². The summed E-state index contributed by atoms with van der Waals surface area (Å²) < 4.78 is 20.5. The number of rotatable bonds is 13. The van der Waals surface area contributed by atoms with Crippen molar-refractivity contribution in [3.05, 3.63) is 156 Å². The highest BCUT2D eigenvalue weighted by Gasteiger charge is 2.42. The summed E-state index contributed by atoms with van der Waals surface area (Å²) in [6, 6.07) is 42.0. The van der Waals surface area contributed by atoms with Gasteiger partial charge >= 0.3 is 0 Å². The van der Waals surface area contributed by atoms with Crippen molar-refractivity contribution < 1.29 is 14.2 Å². The fourth-order valence-electron chi connectivity index (χ4n) is 5.73. The zero-order chi connectivity index (χ0) is 28.2. The highest BCUT2D eigenvalue weighted by Crippen LogP contribution is 2.43. The van der Waals surface area contributed by atoms with Gasteiger partial charge in [-0.15, -0.1) is 0 Å². The lowest BCUT2D eigenvalue weighted by Crippen LogP contribution is -2.45. The number of allylic oxidation sites excluding steroid dienone is 2. The fourth-order valence-corrected chi connectivity index (χ4v) is 5.73. The standard InChI is InChI=1S/C38H42O3/c1-2-3-4-5-18-27-36-35(39-30-31-19-10-6-11-20-31)28-29-37(40-36)41-38(32-21-12-7-13-22-32,33-23-14-8-15-24-33)34-25-16-9-17-26-34/h4-17,19-26,35-37H,2-3,18,27-30H2,1H3/b5-4+/t35-,36-,37?/m1/s1. The molecule has 4 aromatic carbocycles. The Balaban J connectivity index is 1.43. The molecule has 41 heavy (non-hydrogen) atoms. The summed E-state index contributed by atoms with van der Waals surface area (Å²) in [6.45, 7) is 2.80. The van der Waals surface area contributed by atoms with Crippen LogP contribution in [0.25, 0.3) is 0 Å². The van der Waals surface area contributed by atoms with E-state index in [0.717, 1.165) is 55.2 Å². The Hall–Kier alpha value is -3.50. The normalized spacial score (nSPS) is 19.4. The third-order valence-electron chi connectivity index (χ3n) is 7.82. The highest BCUT2D eigenvalue weighted by atomic mass is 16.7. The molecular weight excluding hydrogens is 504 g/mol. The molecule has 3 heteroatoms. The molecule has 0 aliphatic carbocycles. The molecule has 0 radical (unpaired) electrons. The Kier molecular flexibility index (Phi) is 10.6. The molecule has 4 aromatic rings. The van der Waals surface area contributed by atoms with Crippen molar-refractivity contribution in [2.45, 2.75) is 76.2 Å². The molecule has 1 aliphatic rings. The minimum atomic E-state index is -0.808.